The number of methoxy groups -OCH3 is 1. The van der Waals surface area contributed by atoms with Gasteiger partial charge in [-0.2, -0.15) is 0 Å². The number of hydrogen-bond donors (Lipinski definition) is 1. The Morgan fingerprint density at radius 3 is 2.23 bits per heavy atom. The lowest BCUT2D eigenvalue weighted by molar-refractivity contribution is -0.122. The number of anilines is 2. The third-order valence-electron chi connectivity index (χ3n) is 6.01. The van der Waals surface area contributed by atoms with Gasteiger partial charge in [0.1, 0.15) is 17.2 Å². The Morgan fingerprint density at radius 1 is 1.00 bits per heavy atom. The van der Waals surface area contributed by atoms with Gasteiger partial charge in [-0.1, -0.05) is 44.5 Å². The van der Waals surface area contributed by atoms with E-state index in [2.05, 4.69) is 38.2 Å². The molecule has 6 nitrogen and oxygen atoms in total. The highest BCUT2D eigenvalue weighted by molar-refractivity contribution is 6.31. The Kier molecular flexibility index (Phi) is 7.03. The highest BCUT2D eigenvalue weighted by atomic mass is 35.5. The SMILES string of the molecule is COc1ccc(Cl)cc1N1C[C@H](C(=O)Nc2ccc(Oc3ccc(C(C)(C)C)cc3)cc2)CC1=O. The predicted octanol–water partition coefficient (Wildman–Crippen LogP) is 6.43. The van der Waals surface area contributed by atoms with Crippen LogP contribution in [0.1, 0.15) is 32.8 Å². The first-order chi connectivity index (χ1) is 16.6. The highest BCUT2D eigenvalue weighted by Gasteiger charge is 2.36. The van der Waals surface area contributed by atoms with Gasteiger partial charge in [0.15, 0.2) is 0 Å². The van der Waals surface area contributed by atoms with Crippen molar-refractivity contribution < 1.29 is 19.1 Å². The van der Waals surface area contributed by atoms with Gasteiger partial charge in [-0.3, -0.25) is 9.59 Å². The lowest BCUT2D eigenvalue weighted by atomic mass is 9.87. The Hall–Kier alpha value is -3.51. The van der Waals surface area contributed by atoms with Crippen LogP contribution in [0.15, 0.2) is 66.7 Å². The summed E-state index contributed by atoms with van der Waals surface area (Å²) in [4.78, 5) is 27.1. The molecule has 182 valence electrons. The molecule has 1 fully saturated rings. The minimum atomic E-state index is -0.483. The highest BCUT2D eigenvalue weighted by Crippen LogP contribution is 2.35. The molecule has 0 spiro atoms. The molecule has 0 aromatic heterocycles. The molecule has 0 unspecified atom stereocenters. The molecule has 2 amide bonds. The fraction of sp³-hybridized carbons (Fsp3) is 0.286. The molecule has 3 aromatic carbocycles. The summed E-state index contributed by atoms with van der Waals surface area (Å²) in [6.45, 7) is 6.77. The van der Waals surface area contributed by atoms with E-state index in [4.69, 9.17) is 21.1 Å². The molecule has 0 radical (unpaired) electrons. The van der Waals surface area contributed by atoms with Gasteiger partial charge in [-0.05, 0) is 65.6 Å². The lowest BCUT2D eigenvalue weighted by Crippen LogP contribution is -2.28. The number of nitrogens with one attached hydrogen (secondary N) is 1. The minimum Gasteiger partial charge on any atom is -0.495 e. The number of amides is 2. The van der Waals surface area contributed by atoms with E-state index < -0.39 is 5.92 Å². The molecular weight excluding hydrogens is 464 g/mol. The normalized spacial score (nSPS) is 15.7. The zero-order valence-corrected chi connectivity index (χ0v) is 21.1. The molecule has 1 heterocycles. The zero-order chi connectivity index (χ0) is 25.2. The van der Waals surface area contributed by atoms with Crippen molar-refractivity contribution in [2.45, 2.75) is 32.6 Å². The second-order valence-corrected chi connectivity index (χ2v) is 10.0. The van der Waals surface area contributed by atoms with E-state index in [0.717, 1.165) is 5.75 Å². The number of benzene rings is 3. The molecule has 0 aliphatic carbocycles. The van der Waals surface area contributed by atoms with Gasteiger partial charge in [0.2, 0.25) is 11.8 Å². The van der Waals surface area contributed by atoms with Crippen LogP contribution in [0.25, 0.3) is 0 Å². The molecule has 1 atom stereocenters. The van der Waals surface area contributed by atoms with Gasteiger partial charge >= 0.3 is 0 Å². The number of hydrogen-bond acceptors (Lipinski definition) is 4. The molecule has 3 aromatic rings. The summed E-state index contributed by atoms with van der Waals surface area (Å²) in [5, 5.41) is 3.40. The van der Waals surface area contributed by atoms with Gasteiger partial charge in [0, 0.05) is 23.7 Å². The van der Waals surface area contributed by atoms with Crippen LogP contribution in [0, 0.1) is 5.92 Å². The topological polar surface area (TPSA) is 67.9 Å². The van der Waals surface area contributed by atoms with Crippen molar-refractivity contribution in [3.05, 3.63) is 77.3 Å². The first-order valence-corrected chi connectivity index (χ1v) is 11.8. The second-order valence-electron chi connectivity index (χ2n) is 9.61. The number of rotatable bonds is 6. The number of ether oxygens (including phenoxy) is 2. The summed E-state index contributed by atoms with van der Waals surface area (Å²) in [7, 11) is 1.53. The van der Waals surface area contributed by atoms with E-state index in [1.807, 2.05) is 12.1 Å². The van der Waals surface area contributed by atoms with Crippen LogP contribution in [0.5, 0.6) is 17.2 Å². The molecule has 7 heteroatoms. The maximum Gasteiger partial charge on any atom is 0.229 e. The molecule has 1 N–H and O–H groups in total. The molecule has 1 saturated heterocycles. The van der Waals surface area contributed by atoms with Gasteiger partial charge in [-0.25, -0.2) is 0 Å². The Morgan fingerprint density at radius 2 is 1.63 bits per heavy atom. The fourth-order valence-electron chi connectivity index (χ4n) is 4.00. The van der Waals surface area contributed by atoms with Crippen molar-refractivity contribution in [2.24, 2.45) is 5.92 Å². The van der Waals surface area contributed by atoms with Gasteiger partial charge in [0.25, 0.3) is 0 Å². The Bertz CT molecular complexity index is 1220. The van der Waals surface area contributed by atoms with Crippen molar-refractivity contribution in [3.63, 3.8) is 0 Å². The largest absolute Gasteiger partial charge is 0.495 e. The summed E-state index contributed by atoms with van der Waals surface area (Å²) < 4.78 is 11.3. The quantitative estimate of drug-likeness (QED) is 0.430. The summed E-state index contributed by atoms with van der Waals surface area (Å²) in [5.41, 5.74) is 2.52. The van der Waals surface area contributed by atoms with E-state index >= 15 is 0 Å². The maximum atomic E-state index is 12.9. The summed E-state index contributed by atoms with van der Waals surface area (Å²) >= 11 is 6.11. The van der Waals surface area contributed by atoms with Crippen LogP contribution >= 0.6 is 11.6 Å². The number of nitrogens with zero attached hydrogens (tertiary/aromatic N) is 1. The van der Waals surface area contributed by atoms with Crippen molar-refractivity contribution in [3.8, 4) is 17.2 Å². The second kappa shape index (κ2) is 10.0. The average molecular weight is 493 g/mol. The van der Waals surface area contributed by atoms with Crippen LogP contribution in [-0.4, -0.2) is 25.5 Å². The number of halogens is 1. The van der Waals surface area contributed by atoms with E-state index in [1.54, 1.807) is 47.4 Å². The summed E-state index contributed by atoms with van der Waals surface area (Å²) in [5.74, 6) is 1.11. The van der Waals surface area contributed by atoms with Crippen LogP contribution in [0.3, 0.4) is 0 Å². The molecular formula is C28H29ClN2O4. The molecule has 4 rings (SSSR count). The fourth-order valence-corrected chi connectivity index (χ4v) is 4.17. The minimum absolute atomic E-state index is 0.0829. The number of carbonyl (C=O) groups excluding carboxylic acids is 2. The zero-order valence-electron chi connectivity index (χ0n) is 20.3. The molecule has 1 aliphatic rings. The van der Waals surface area contributed by atoms with E-state index in [9.17, 15) is 9.59 Å². The Balaban J connectivity index is 1.37. The van der Waals surface area contributed by atoms with Crippen molar-refractivity contribution in [1.82, 2.24) is 0 Å². The van der Waals surface area contributed by atoms with Crippen LogP contribution < -0.4 is 19.7 Å². The van der Waals surface area contributed by atoms with Gasteiger partial charge < -0.3 is 19.7 Å². The third-order valence-corrected chi connectivity index (χ3v) is 6.24. The van der Waals surface area contributed by atoms with E-state index in [-0.39, 0.29) is 30.2 Å². The van der Waals surface area contributed by atoms with Crippen molar-refractivity contribution in [2.75, 3.05) is 23.9 Å². The predicted molar refractivity (Wildman–Crippen MR) is 139 cm³/mol. The molecule has 0 bridgehead atoms. The molecule has 0 saturated carbocycles. The summed E-state index contributed by atoms with van der Waals surface area (Å²) in [6.07, 6.45) is 0.118. The van der Waals surface area contributed by atoms with Gasteiger partial charge in [0.05, 0.1) is 18.7 Å². The van der Waals surface area contributed by atoms with Crippen LogP contribution in [0.2, 0.25) is 5.02 Å². The third kappa shape index (κ3) is 5.77. The number of carbonyl (C=O) groups is 2. The smallest absolute Gasteiger partial charge is 0.229 e. The van der Waals surface area contributed by atoms with E-state index in [0.29, 0.717) is 27.9 Å². The maximum absolute atomic E-state index is 12.9. The molecule has 35 heavy (non-hydrogen) atoms. The first kappa shape index (κ1) is 24.6. The van der Waals surface area contributed by atoms with Crippen molar-refractivity contribution in [1.29, 1.82) is 0 Å². The van der Waals surface area contributed by atoms with Gasteiger partial charge in [-0.15, -0.1) is 0 Å². The van der Waals surface area contributed by atoms with Crippen LogP contribution in [-0.2, 0) is 15.0 Å². The summed E-state index contributed by atoms with van der Waals surface area (Å²) in [6, 6.07) is 20.3. The lowest BCUT2D eigenvalue weighted by Gasteiger charge is -2.20. The first-order valence-electron chi connectivity index (χ1n) is 11.5. The van der Waals surface area contributed by atoms with Crippen LogP contribution in [0.4, 0.5) is 11.4 Å². The Labute approximate surface area is 210 Å². The van der Waals surface area contributed by atoms with Crippen molar-refractivity contribution >= 4 is 34.8 Å². The standard InChI is InChI=1S/C28H29ClN2O4/c1-28(2,3)19-5-10-22(11-6-19)35-23-12-8-21(9-13-23)30-27(33)18-15-26(32)31(17-18)24-16-20(29)7-14-25(24)34-4/h5-14,16,18H,15,17H2,1-4H3,(H,30,33)/t18-/m1/s1. The monoisotopic (exact) mass is 492 g/mol. The van der Waals surface area contributed by atoms with E-state index in [1.165, 1.54) is 12.7 Å². The average Bonchev–Trinajstić information content (AvgIpc) is 3.21. The molecule has 1 aliphatic heterocycles.